The van der Waals surface area contributed by atoms with E-state index in [1.807, 2.05) is 0 Å². The number of hydrogen-bond donors (Lipinski definition) is 1. The lowest BCUT2D eigenvalue weighted by Gasteiger charge is -2.18. The molecule has 0 fully saturated rings. The van der Waals surface area contributed by atoms with Crippen molar-refractivity contribution < 1.29 is 28.2 Å². The molecule has 2 aromatic carbocycles. The second kappa shape index (κ2) is 9.36. The van der Waals surface area contributed by atoms with Gasteiger partial charge in [-0.2, -0.15) is 0 Å². The monoisotopic (exact) mass is 439 g/mol. The summed E-state index contributed by atoms with van der Waals surface area (Å²) < 4.78 is 29.9. The van der Waals surface area contributed by atoms with Crippen LogP contribution in [0.5, 0.6) is 11.5 Å². The van der Waals surface area contributed by atoms with Gasteiger partial charge < -0.3 is 19.5 Å². The van der Waals surface area contributed by atoms with Gasteiger partial charge in [0.15, 0.2) is 12.2 Å². The molecular formula is C19H19BrFNO5. The fourth-order valence-electron chi connectivity index (χ4n) is 2.06. The minimum Gasteiger partial charge on any atom is -0.497 e. The number of anilines is 1. The number of amides is 1. The zero-order chi connectivity index (χ0) is 20.0. The number of esters is 1. The molecule has 1 N–H and O–H groups in total. The first kappa shape index (κ1) is 20.7. The average Bonchev–Trinajstić information content (AvgIpc) is 2.64. The van der Waals surface area contributed by atoms with E-state index in [4.69, 9.17) is 14.2 Å². The van der Waals surface area contributed by atoms with Crippen molar-refractivity contribution in [3.05, 3.63) is 52.8 Å². The first-order chi connectivity index (χ1) is 12.8. The molecule has 2 unspecified atom stereocenters. The van der Waals surface area contributed by atoms with Crippen molar-refractivity contribution in [1.29, 1.82) is 0 Å². The van der Waals surface area contributed by atoms with Crippen molar-refractivity contribution >= 4 is 33.5 Å². The van der Waals surface area contributed by atoms with Crippen LogP contribution in [0, 0.1) is 5.82 Å². The van der Waals surface area contributed by atoms with Crippen LogP contribution < -0.4 is 14.8 Å². The number of methoxy groups -OCH3 is 1. The Balaban J connectivity index is 1.89. The van der Waals surface area contributed by atoms with E-state index >= 15 is 0 Å². The van der Waals surface area contributed by atoms with E-state index in [0.29, 0.717) is 16.0 Å². The Morgan fingerprint density at radius 3 is 2.26 bits per heavy atom. The lowest BCUT2D eigenvalue weighted by atomic mass is 10.3. The van der Waals surface area contributed by atoms with E-state index in [2.05, 4.69) is 21.2 Å². The van der Waals surface area contributed by atoms with Crippen LogP contribution in [0.15, 0.2) is 46.9 Å². The number of hydrogen-bond acceptors (Lipinski definition) is 5. The Hall–Kier alpha value is -2.61. The van der Waals surface area contributed by atoms with Crippen LogP contribution in [0.3, 0.4) is 0 Å². The summed E-state index contributed by atoms with van der Waals surface area (Å²) >= 11 is 3.13. The molecular weight excluding hydrogens is 421 g/mol. The lowest BCUT2D eigenvalue weighted by Crippen LogP contribution is -2.35. The number of nitrogens with one attached hydrogen (secondary N) is 1. The third-order valence-corrected chi connectivity index (χ3v) is 4.05. The highest BCUT2D eigenvalue weighted by atomic mass is 79.9. The van der Waals surface area contributed by atoms with Gasteiger partial charge in [-0.25, -0.2) is 9.18 Å². The number of rotatable bonds is 7. The second-order valence-corrected chi connectivity index (χ2v) is 6.54. The van der Waals surface area contributed by atoms with Gasteiger partial charge in [0.1, 0.15) is 17.3 Å². The Bertz CT molecular complexity index is 812. The third-order valence-electron chi connectivity index (χ3n) is 3.56. The topological polar surface area (TPSA) is 73.9 Å². The molecule has 0 aliphatic rings. The normalized spacial score (nSPS) is 12.6. The molecule has 0 heterocycles. The van der Waals surface area contributed by atoms with Crippen molar-refractivity contribution in [1.82, 2.24) is 0 Å². The SMILES string of the molecule is COc1ccc(OC(C)C(=O)OC(C)C(=O)Nc2ccc(Br)cc2F)cc1. The van der Waals surface area contributed by atoms with Crippen molar-refractivity contribution in [2.24, 2.45) is 0 Å². The molecule has 144 valence electrons. The zero-order valence-corrected chi connectivity index (χ0v) is 16.6. The van der Waals surface area contributed by atoms with Crippen LogP contribution in [0.2, 0.25) is 0 Å². The first-order valence-electron chi connectivity index (χ1n) is 8.07. The molecule has 0 saturated heterocycles. The quantitative estimate of drug-likeness (QED) is 0.661. The van der Waals surface area contributed by atoms with E-state index < -0.39 is 29.9 Å². The van der Waals surface area contributed by atoms with E-state index in [9.17, 15) is 14.0 Å². The van der Waals surface area contributed by atoms with E-state index in [1.54, 1.807) is 37.4 Å². The minimum absolute atomic E-state index is 0.00590. The third kappa shape index (κ3) is 5.96. The maximum absolute atomic E-state index is 13.8. The standard InChI is InChI=1S/C19H19BrFNO5/c1-11(18(23)22-17-9-4-13(20)10-16(17)21)27-19(24)12(2)26-15-7-5-14(25-3)6-8-15/h4-12H,1-3H3,(H,22,23). The molecule has 0 aliphatic carbocycles. The van der Waals surface area contributed by atoms with Gasteiger partial charge in [0.25, 0.3) is 5.91 Å². The zero-order valence-electron chi connectivity index (χ0n) is 15.0. The summed E-state index contributed by atoms with van der Waals surface area (Å²) in [5, 5.41) is 2.38. The van der Waals surface area contributed by atoms with E-state index in [1.165, 1.54) is 26.0 Å². The molecule has 0 saturated carbocycles. The number of halogens is 2. The Morgan fingerprint density at radius 1 is 1.04 bits per heavy atom. The lowest BCUT2D eigenvalue weighted by molar-refractivity contribution is -0.159. The van der Waals surface area contributed by atoms with Crippen LogP contribution in [0.4, 0.5) is 10.1 Å². The van der Waals surface area contributed by atoms with Gasteiger partial charge in [-0.3, -0.25) is 4.79 Å². The van der Waals surface area contributed by atoms with Crippen LogP contribution in [-0.2, 0) is 14.3 Å². The summed E-state index contributed by atoms with van der Waals surface area (Å²) in [4.78, 5) is 24.2. The van der Waals surface area contributed by atoms with Gasteiger partial charge in [-0.05, 0) is 56.3 Å². The predicted octanol–water partition coefficient (Wildman–Crippen LogP) is 3.93. The van der Waals surface area contributed by atoms with Crippen molar-refractivity contribution in [3.63, 3.8) is 0 Å². The fraction of sp³-hybridized carbons (Fsp3) is 0.263. The smallest absolute Gasteiger partial charge is 0.347 e. The van der Waals surface area contributed by atoms with Crippen molar-refractivity contribution in [2.75, 3.05) is 12.4 Å². The largest absolute Gasteiger partial charge is 0.497 e. The molecule has 8 heteroatoms. The predicted molar refractivity (Wildman–Crippen MR) is 101 cm³/mol. The Kier molecular flexibility index (Phi) is 7.18. The molecule has 6 nitrogen and oxygen atoms in total. The van der Waals surface area contributed by atoms with Gasteiger partial charge in [-0.1, -0.05) is 15.9 Å². The molecule has 0 aliphatic heterocycles. The second-order valence-electron chi connectivity index (χ2n) is 5.63. The highest BCUT2D eigenvalue weighted by Crippen LogP contribution is 2.20. The molecule has 0 aromatic heterocycles. The molecule has 0 bridgehead atoms. The van der Waals surface area contributed by atoms with Crippen LogP contribution in [-0.4, -0.2) is 31.2 Å². The highest BCUT2D eigenvalue weighted by Gasteiger charge is 2.24. The van der Waals surface area contributed by atoms with Gasteiger partial charge in [0, 0.05) is 4.47 Å². The van der Waals surface area contributed by atoms with Gasteiger partial charge in [0.05, 0.1) is 12.8 Å². The molecule has 1 amide bonds. The van der Waals surface area contributed by atoms with Crippen LogP contribution in [0.1, 0.15) is 13.8 Å². The molecule has 2 atom stereocenters. The summed E-state index contributed by atoms with van der Waals surface area (Å²) in [6.07, 6.45) is -2.06. The molecule has 27 heavy (non-hydrogen) atoms. The van der Waals surface area contributed by atoms with E-state index in [0.717, 1.165) is 0 Å². The summed E-state index contributed by atoms with van der Waals surface area (Å²) in [6, 6.07) is 10.9. The first-order valence-corrected chi connectivity index (χ1v) is 8.86. The minimum atomic E-state index is -1.12. The highest BCUT2D eigenvalue weighted by molar-refractivity contribution is 9.10. The van der Waals surface area contributed by atoms with Crippen molar-refractivity contribution in [2.45, 2.75) is 26.1 Å². The number of carbonyl (C=O) groups is 2. The summed E-state index contributed by atoms with van der Waals surface area (Å²) in [5.41, 5.74) is -0.00590. The summed E-state index contributed by atoms with van der Waals surface area (Å²) in [5.74, 6) is -0.865. The number of ether oxygens (including phenoxy) is 3. The Morgan fingerprint density at radius 2 is 1.67 bits per heavy atom. The summed E-state index contributed by atoms with van der Waals surface area (Å²) in [6.45, 7) is 2.90. The van der Waals surface area contributed by atoms with Gasteiger partial charge in [0.2, 0.25) is 0 Å². The molecule has 0 radical (unpaired) electrons. The molecule has 2 rings (SSSR count). The van der Waals surface area contributed by atoms with Crippen LogP contribution >= 0.6 is 15.9 Å². The summed E-state index contributed by atoms with van der Waals surface area (Å²) in [7, 11) is 1.54. The van der Waals surface area contributed by atoms with Crippen LogP contribution in [0.25, 0.3) is 0 Å². The maximum Gasteiger partial charge on any atom is 0.347 e. The van der Waals surface area contributed by atoms with Gasteiger partial charge in [-0.15, -0.1) is 0 Å². The average molecular weight is 440 g/mol. The Labute approximate surface area is 164 Å². The van der Waals surface area contributed by atoms with Crippen molar-refractivity contribution in [3.8, 4) is 11.5 Å². The number of carbonyl (C=O) groups excluding carboxylic acids is 2. The number of benzene rings is 2. The van der Waals surface area contributed by atoms with E-state index in [-0.39, 0.29) is 5.69 Å². The molecule has 0 spiro atoms. The maximum atomic E-state index is 13.8. The van der Waals surface area contributed by atoms with Gasteiger partial charge >= 0.3 is 5.97 Å². The molecule has 2 aromatic rings. The fourth-order valence-corrected chi connectivity index (χ4v) is 2.39.